The molecule has 0 fully saturated rings. The minimum atomic E-state index is -0.339. The number of imidazole rings is 1. The average molecular weight is 332 g/mol. The van der Waals surface area contributed by atoms with Gasteiger partial charge in [-0.05, 0) is 22.0 Å². The fourth-order valence-electron chi connectivity index (χ4n) is 1.77. The summed E-state index contributed by atoms with van der Waals surface area (Å²) in [5.41, 5.74) is 7.14. The lowest BCUT2D eigenvalue weighted by Crippen LogP contribution is -2.11. The lowest BCUT2D eigenvalue weighted by atomic mass is 10.3. The molecule has 2 N–H and O–H groups in total. The van der Waals surface area contributed by atoms with E-state index in [-0.39, 0.29) is 5.82 Å². The molecule has 0 aliphatic carbocycles. The third-order valence-corrected chi connectivity index (χ3v) is 3.32. The number of nitrogens with zero attached hydrogens (tertiary/aromatic N) is 2. The SMILES string of the molecule is COCCOCCn1c(N)nc2cc(Br)c(F)cc21. The monoisotopic (exact) mass is 331 g/mol. The molecule has 0 unspecified atom stereocenters. The van der Waals surface area contributed by atoms with Crippen molar-refractivity contribution in [1.82, 2.24) is 9.55 Å². The third-order valence-electron chi connectivity index (χ3n) is 2.71. The summed E-state index contributed by atoms with van der Waals surface area (Å²) in [7, 11) is 1.62. The molecule has 1 heterocycles. The summed E-state index contributed by atoms with van der Waals surface area (Å²) in [5.74, 6) is 0.0109. The number of methoxy groups -OCH3 is 1. The molecule has 0 bridgehead atoms. The molecule has 19 heavy (non-hydrogen) atoms. The molecule has 0 spiro atoms. The molecule has 0 aliphatic heterocycles. The summed E-state index contributed by atoms with van der Waals surface area (Å²) in [5, 5.41) is 0. The minimum Gasteiger partial charge on any atom is -0.382 e. The van der Waals surface area contributed by atoms with Crippen molar-refractivity contribution in [2.75, 3.05) is 32.7 Å². The Hall–Kier alpha value is -1.18. The number of halogens is 2. The van der Waals surface area contributed by atoms with Crippen LogP contribution in [0.15, 0.2) is 16.6 Å². The second-order valence-electron chi connectivity index (χ2n) is 3.98. The quantitative estimate of drug-likeness (QED) is 0.824. The maximum absolute atomic E-state index is 13.6. The van der Waals surface area contributed by atoms with Crippen molar-refractivity contribution in [3.63, 3.8) is 0 Å². The van der Waals surface area contributed by atoms with Crippen molar-refractivity contribution in [2.45, 2.75) is 6.54 Å². The van der Waals surface area contributed by atoms with Gasteiger partial charge in [0, 0.05) is 19.7 Å². The number of hydrogen-bond acceptors (Lipinski definition) is 4. The molecule has 1 aromatic carbocycles. The first-order chi connectivity index (χ1) is 9.13. The second-order valence-corrected chi connectivity index (χ2v) is 4.84. The van der Waals surface area contributed by atoms with Gasteiger partial charge in [-0.2, -0.15) is 0 Å². The number of hydrogen-bond donors (Lipinski definition) is 1. The van der Waals surface area contributed by atoms with Gasteiger partial charge < -0.3 is 19.8 Å². The lowest BCUT2D eigenvalue weighted by Gasteiger charge is -2.07. The van der Waals surface area contributed by atoms with Gasteiger partial charge in [0.1, 0.15) is 5.82 Å². The van der Waals surface area contributed by atoms with Crippen molar-refractivity contribution < 1.29 is 13.9 Å². The molecule has 0 saturated carbocycles. The molecule has 0 saturated heterocycles. The van der Waals surface area contributed by atoms with Crippen LogP contribution in [0.25, 0.3) is 11.0 Å². The summed E-state index contributed by atoms with van der Waals surface area (Å²) >= 11 is 3.13. The van der Waals surface area contributed by atoms with Crippen molar-refractivity contribution in [3.05, 3.63) is 22.4 Å². The largest absolute Gasteiger partial charge is 0.382 e. The normalized spacial score (nSPS) is 11.3. The van der Waals surface area contributed by atoms with Crippen LogP contribution in [-0.2, 0) is 16.0 Å². The first kappa shape index (κ1) is 14.2. The molecular weight excluding hydrogens is 317 g/mol. The Kier molecular flexibility index (Phi) is 4.73. The summed E-state index contributed by atoms with van der Waals surface area (Å²) in [6.07, 6.45) is 0. The van der Waals surface area contributed by atoms with Crippen LogP contribution >= 0.6 is 15.9 Å². The van der Waals surface area contributed by atoms with Crippen LogP contribution in [0, 0.1) is 5.82 Å². The molecule has 5 nitrogen and oxygen atoms in total. The molecule has 0 radical (unpaired) electrons. The maximum Gasteiger partial charge on any atom is 0.201 e. The second kappa shape index (κ2) is 6.31. The van der Waals surface area contributed by atoms with Gasteiger partial charge >= 0.3 is 0 Å². The van der Waals surface area contributed by atoms with Gasteiger partial charge in [-0.15, -0.1) is 0 Å². The Morgan fingerprint density at radius 1 is 1.37 bits per heavy atom. The van der Waals surface area contributed by atoms with E-state index in [1.165, 1.54) is 6.07 Å². The van der Waals surface area contributed by atoms with Crippen LogP contribution in [-0.4, -0.2) is 36.5 Å². The number of nitrogens with two attached hydrogens (primary N) is 1. The van der Waals surface area contributed by atoms with Crippen LogP contribution in [0.3, 0.4) is 0 Å². The number of ether oxygens (including phenoxy) is 2. The van der Waals surface area contributed by atoms with Crippen molar-refractivity contribution >= 4 is 32.9 Å². The summed E-state index contributed by atoms with van der Waals surface area (Å²) in [6, 6.07) is 3.03. The zero-order chi connectivity index (χ0) is 13.8. The first-order valence-electron chi connectivity index (χ1n) is 5.81. The van der Waals surface area contributed by atoms with Crippen LogP contribution in [0.1, 0.15) is 0 Å². The van der Waals surface area contributed by atoms with Crippen LogP contribution < -0.4 is 5.73 Å². The van der Waals surface area contributed by atoms with Gasteiger partial charge in [-0.1, -0.05) is 0 Å². The van der Waals surface area contributed by atoms with Gasteiger partial charge in [0.2, 0.25) is 5.95 Å². The Labute approximate surface area is 118 Å². The maximum atomic E-state index is 13.6. The molecule has 1 aromatic heterocycles. The fraction of sp³-hybridized carbons (Fsp3) is 0.417. The average Bonchev–Trinajstić information content (AvgIpc) is 2.66. The van der Waals surface area contributed by atoms with Crippen LogP contribution in [0.5, 0.6) is 0 Å². The van der Waals surface area contributed by atoms with Gasteiger partial charge in [-0.3, -0.25) is 0 Å². The minimum absolute atomic E-state index is 0.339. The molecule has 0 atom stereocenters. The van der Waals surface area contributed by atoms with E-state index < -0.39 is 0 Å². The Morgan fingerprint density at radius 2 is 2.16 bits per heavy atom. The van der Waals surface area contributed by atoms with Crippen LogP contribution in [0.2, 0.25) is 0 Å². The van der Waals surface area contributed by atoms with Crippen molar-refractivity contribution in [1.29, 1.82) is 0 Å². The highest BCUT2D eigenvalue weighted by molar-refractivity contribution is 9.10. The van der Waals surface area contributed by atoms with Gasteiger partial charge in [0.25, 0.3) is 0 Å². The highest BCUT2D eigenvalue weighted by Gasteiger charge is 2.11. The predicted molar refractivity (Wildman–Crippen MR) is 74.5 cm³/mol. The zero-order valence-corrected chi connectivity index (χ0v) is 12.1. The molecule has 0 aliphatic rings. The Bertz CT molecular complexity index is 574. The van der Waals surface area contributed by atoms with E-state index in [0.717, 1.165) is 0 Å². The van der Waals surface area contributed by atoms with E-state index in [1.54, 1.807) is 17.7 Å². The van der Waals surface area contributed by atoms with Gasteiger partial charge in [-0.25, -0.2) is 9.37 Å². The molecule has 0 amide bonds. The summed E-state index contributed by atoms with van der Waals surface area (Å²) in [6.45, 7) is 2.05. The number of benzene rings is 1. The highest BCUT2D eigenvalue weighted by atomic mass is 79.9. The lowest BCUT2D eigenvalue weighted by molar-refractivity contribution is 0.0671. The van der Waals surface area contributed by atoms with Gasteiger partial charge in [0.15, 0.2) is 0 Å². The van der Waals surface area contributed by atoms with E-state index in [4.69, 9.17) is 15.2 Å². The standard InChI is InChI=1S/C12H15BrFN3O2/c1-18-4-5-19-3-2-17-11-7-9(14)8(13)6-10(11)16-12(17)15/h6-7H,2-5H2,1H3,(H2,15,16). The predicted octanol–water partition coefficient (Wildman–Crippen LogP) is 2.18. The van der Waals surface area contributed by atoms with Crippen molar-refractivity contribution in [2.24, 2.45) is 0 Å². The number of aromatic nitrogens is 2. The molecule has 7 heteroatoms. The number of rotatable bonds is 6. The molecule has 2 rings (SSSR count). The number of fused-ring (bicyclic) bond motifs is 1. The first-order valence-corrected chi connectivity index (χ1v) is 6.60. The van der Waals surface area contributed by atoms with E-state index in [1.807, 2.05) is 0 Å². The van der Waals surface area contributed by atoms with E-state index in [0.29, 0.717) is 47.8 Å². The fourth-order valence-corrected chi connectivity index (χ4v) is 2.11. The van der Waals surface area contributed by atoms with Crippen molar-refractivity contribution in [3.8, 4) is 0 Å². The zero-order valence-electron chi connectivity index (χ0n) is 10.5. The number of anilines is 1. The van der Waals surface area contributed by atoms with E-state index >= 15 is 0 Å². The summed E-state index contributed by atoms with van der Waals surface area (Å²) in [4.78, 5) is 4.19. The molecule has 2 aromatic rings. The topological polar surface area (TPSA) is 62.3 Å². The molecular formula is C12H15BrFN3O2. The highest BCUT2D eigenvalue weighted by Crippen LogP contribution is 2.24. The summed E-state index contributed by atoms with van der Waals surface area (Å²) < 4.78 is 25.9. The molecule has 104 valence electrons. The van der Waals surface area contributed by atoms with E-state index in [9.17, 15) is 4.39 Å². The van der Waals surface area contributed by atoms with Gasteiger partial charge in [0.05, 0.1) is 35.3 Å². The van der Waals surface area contributed by atoms with E-state index in [2.05, 4.69) is 20.9 Å². The Morgan fingerprint density at radius 3 is 2.89 bits per heavy atom. The smallest absolute Gasteiger partial charge is 0.201 e. The Balaban J connectivity index is 2.13. The van der Waals surface area contributed by atoms with Crippen LogP contribution in [0.4, 0.5) is 10.3 Å². The third kappa shape index (κ3) is 3.23. The number of nitrogen functional groups attached to an aromatic ring is 1.